The summed E-state index contributed by atoms with van der Waals surface area (Å²) >= 11 is 0. The Hall–Kier alpha value is -3.27. The molecular formula is C21H17N3O. The van der Waals surface area contributed by atoms with Crippen molar-refractivity contribution in [2.45, 2.75) is 13.0 Å². The van der Waals surface area contributed by atoms with Crippen LogP contribution in [0.4, 0.5) is 11.4 Å². The quantitative estimate of drug-likeness (QED) is 0.726. The molecule has 0 radical (unpaired) electrons. The lowest BCUT2D eigenvalue weighted by atomic mass is 10.1. The normalized spacial score (nSPS) is 13.8. The SMILES string of the molecule is O=C1CC(c2ccncc2)=Nc2ccccc2N1Cc1ccccc1. The lowest BCUT2D eigenvalue weighted by molar-refractivity contribution is -0.117. The van der Waals surface area contributed by atoms with Crippen molar-refractivity contribution in [1.82, 2.24) is 4.98 Å². The fraction of sp³-hybridized carbons (Fsp3) is 0.0952. The molecular weight excluding hydrogens is 310 g/mol. The lowest BCUT2D eigenvalue weighted by Gasteiger charge is -2.22. The van der Waals surface area contributed by atoms with Crippen LogP contribution in [0, 0.1) is 0 Å². The Morgan fingerprint density at radius 3 is 2.40 bits per heavy atom. The maximum Gasteiger partial charge on any atom is 0.233 e. The Morgan fingerprint density at radius 1 is 0.880 bits per heavy atom. The third kappa shape index (κ3) is 3.19. The molecule has 0 fully saturated rings. The van der Waals surface area contributed by atoms with E-state index >= 15 is 0 Å². The average Bonchev–Trinajstić information content (AvgIpc) is 2.80. The molecule has 0 unspecified atom stereocenters. The predicted octanol–water partition coefficient (Wildman–Crippen LogP) is 4.14. The first kappa shape index (κ1) is 15.3. The van der Waals surface area contributed by atoms with Crippen LogP contribution in [0.2, 0.25) is 0 Å². The van der Waals surface area contributed by atoms with Crippen molar-refractivity contribution in [2.75, 3.05) is 4.90 Å². The highest BCUT2D eigenvalue weighted by atomic mass is 16.2. The minimum Gasteiger partial charge on any atom is -0.306 e. The Bertz CT molecular complexity index is 920. The molecule has 0 N–H and O–H groups in total. The van der Waals surface area contributed by atoms with Crippen LogP contribution in [0.1, 0.15) is 17.5 Å². The number of amides is 1. The third-order valence-electron chi connectivity index (χ3n) is 4.24. The van der Waals surface area contributed by atoms with E-state index in [-0.39, 0.29) is 12.3 Å². The Morgan fingerprint density at radius 2 is 1.60 bits per heavy atom. The number of para-hydroxylation sites is 2. The number of benzene rings is 2. The topological polar surface area (TPSA) is 45.6 Å². The van der Waals surface area contributed by atoms with E-state index in [4.69, 9.17) is 4.99 Å². The zero-order valence-corrected chi connectivity index (χ0v) is 13.7. The summed E-state index contributed by atoms with van der Waals surface area (Å²) in [6, 6.07) is 21.6. The number of fused-ring (bicyclic) bond motifs is 1. The van der Waals surface area contributed by atoms with Gasteiger partial charge in [-0.3, -0.25) is 14.8 Å². The van der Waals surface area contributed by atoms with Crippen LogP contribution in [-0.4, -0.2) is 16.6 Å². The molecule has 0 saturated carbocycles. The molecule has 1 aliphatic rings. The van der Waals surface area contributed by atoms with Gasteiger partial charge in [-0.1, -0.05) is 42.5 Å². The molecule has 0 aliphatic carbocycles. The van der Waals surface area contributed by atoms with E-state index in [0.29, 0.717) is 6.54 Å². The van der Waals surface area contributed by atoms with Gasteiger partial charge in [-0.25, -0.2) is 0 Å². The van der Waals surface area contributed by atoms with E-state index in [9.17, 15) is 4.79 Å². The maximum absolute atomic E-state index is 13.0. The first-order chi connectivity index (χ1) is 12.3. The van der Waals surface area contributed by atoms with Gasteiger partial charge in [0.15, 0.2) is 0 Å². The fourth-order valence-electron chi connectivity index (χ4n) is 3.00. The summed E-state index contributed by atoms with van der Waals surface area (Å²) in [6.07, 6.45) is 3.72. The Balaban J connectivity index is 1.75. The van der Waals surface area contributed by atoms with Gasteiger partial charge in [0.2, 0.25) is 5.91 Å². The van der Waals surface area contributed by atoms with Crippen LogP contribution in [0.3, 0.4) is 0 Å². The second kappa shape index (κ2) is 6.69. The highest BCUT2D eigenvalue weighted by molar-refractivity contribution is 6.17. The van der Waals surface area contributed by atoms with Gasteiger partial charge in [-0.15, -0.1) is 0 Å². The van der Waals surface area contributed by atoms with Crippen molar-refractivity contribution >= 4 is 23.0 Å². The number of anilines is 1. The predicted molar refractivity (Wildman–Crippen MR) is 99.1 cm³/mol. The first-order valence-corrected chi connectivity index (χ1v) is 8.22. The molecule has 4 nitrogen and oxygen atoms in total. The summed E-state index contributed by atoms with van der Waals surface area (Å²) in [5.74, 6) is 0.0457. The number of carbonyl (C=O) groups excluding carboxylic acids is 1. The standard InChI is InChI=1S/C21H17N3O/c25-21-14-19(17-10-12-22-13-11-17)23-18-8-4-5-9-20(18)24(21)15-16-6-2-1-3-7-16/h1-13H,14-15H2. The summed E-state index contributed by atoms with van der Waals surface area (Å²) in [5, 5.41) is 0. The molecule has 0 saturated heterocycles. The van der Waals surface area contributed by atoms with Crippen molar-refractivity contribution in [3.63, 3.8) is 0 Å². The van der Waals surface area contributed by atoms with Crippen molar-refractivity contribution in [2.24, 2.45) is 4.99 Å². The molecule has 4 heteroatoms. The Labute approximate surface area is 146 Å². The monoisotopic (exact) mass is 327 g/mol. The van der Waals surface area contributed by atoms with Crippen LogP contribution in [0.25, 0.3) is 0 Å². The van der Waals surface area contributed by atoms with Crippen molar-refractivity contribution < 1.29 is 4.79 Å². The summed E-state index contributed by atoms with van der Waals surface area (Å²) in [6.45, 7) is 0.538. The highest BCUT2D eigenvalue weighted by Crippen LogP contribution is 2.33. The molecule has 2 heterocycles. The molecule has 1 aromatic heterocycles. The molecule has 1 amide bonds. The summed E-state index contributed by atoms with van der Waals surface area (Å²) in [5.41, 5.74) is 4.46. The third-order valence-corrected chi connectivity index (χ3v) is 4.24. The number of pyridine rings is 1. The number of rotatable bonds is 3. The maximum atomic E-state index is 13.0. The number of aliphatic imine (C=N–C) groups is 1. The van der Waals surface area contributed by atoms with E-state index in [1.54, 1.807) is 12.4 Å². The van der Waals surface area contributed by atoms with Gasteiger partial charge in [-0.05, 0) is 35.4 Å². The molecule has 4 rings (SSSR count). The van der Waals surface area contributed by atoms with Gasteiger partial charge in [0.1, 0.15) is 0 Å². The molecule has 1 aliphatic heterocycles. The van der Waals surface area contributed by atoms with Crippen molar-refractivity contribution in [3.8, 4) is 0 Å². The summed E-state index contributed by atoms with van der Waals surface area (Å²) in [4.78, 5) is 23.6. The summed E-state index contributed by atoms with van der Waals surface area (Å²) in [7, 11) is 0. The van der Waals surface area contributed by atoms with Crippen LogP contribution < -0.4 is 4.90 Å². The van der Waals surface area contributed by atoms with Crippen LogP contribution in [0.5, 0.6) is 0 Å². The van der Waals surface area contributed by atoms with Crippen molar-refractivity contribution in [3.05, 3.63) is 90.3 Å². The van der Waals surface area contributed by atoms with E-state index in [2.05, 4.69) is 4.98 Å². The Kier molecular flexibility index (Phi) is 4.09. The van der Waals surface area contributed by atoms with Crippen LogP contribution in [0.15, 0.2) is 84.1 Å². The van der Waals surface area contributed by atoms with Gasteiger partial charge in [0, 0.05) is 12.4 Å². The second-order valence-electron chi connectivity index (χ2n) is 5.93. The van der Waals surface area contributed by atoms with Gasteiger partial charge >= 0.3 is 0 Å². The van der Waals surface area contributed by atoms with E-state index < -0.39 is 0 Å². The average molecular weight is 327 g/mol. The van der Waals surface area contributed by atoms with E-state index in [0.717, 1.165) is 28.2 Å². The molecule has 0 spiro atoms. The number of hydrogen-bond donors (Lipinski definition) is 0. The van der Waals surface area contributed by atoms with Gasteiger partial charge < -0.3 is 4.90 Å². The highest BCUT2D eigenvalue weighted by Gasteiger charge is 2.24. The minimum absolute atomic E-state index is 0.0457. The number of nitrogens with zero attached hydrogens (tertiary/aromatic N) is 3. The molecule has 0 bridgehead atoms. The second-order valence-corrected chi connectivity index (χ2v) is 5.93. The van der Waals surface area contributed by atoms with Crippen LogP contribution >= 0.6 is 0 Å². The fourth-order valence-corrected chi connectivity index (χ4v) is 3.00. The number of aromatic nitrogens is 1. The number of hydrogen-bond acceptors (Lipinski definition) is 3. The van der Waals surface area contributed by atoms with Crippen LogP contribution in [-0.2, 0) is 11.3 Å². The van der Waals surface area contributed by atoms with Gasteiger partial charge in [0.05, 0.1) is 30.1 Å². The number of carbonyl (C=O) groups is 1. The molecule has 0 atom stereocenters. The van der Waals surface area contributed by atoms with E-state index in [1.165, 1.54) is 0 Å². The lowest BCUT2D eigenvalue weighted by Crippen LogP contribution is -2.31. The molecule has 122 valence electrons. The minimum atomic E-state index is 0.0457. The zero-order valence-electron chi connectivity index (χ0n) is 13.7. The summed E-state index contributed by atoms with van der Waals surface area (Å²) < 4.78 is 0. The van der Waals surface area contributed by atoms with Gasteiger partial charge in [-0.2, -0.15) is 0 Å². The molecule has 25 heavy (non-hydrogen) atoms. The van der Waals surface area contributed by atoms with Crippen molar-refractivity contribution in [1.29, 1.82) is 0 Å². The smallest absolute Gasteiger partial charge is 0.233 e. The largest absolute Gasteiger partial charge is 0.306 e. The first-order valence-electron chi connectivity index (χ1n) is 8.22. The zero-order chi connectivity index (χ0) is 17.1. The van der Waals surface area contributed by atoms with Gasteiger partial charge in [0.25, 0.3) is 0 Å². The molecule has 2 aromatic carbocycles. The van der Waals surface area contributed by atoms with E-state index in [1.807, 2.05) is 71.6 Å². The molecule has 3 aromatic rings.